The molecule has 14 heavy (non-hydrogen) atoms. The van der Waals surface area contributed by atoms with Crippen molar-refractivity contribution >= 4 is 33.2 Å². The molecule has 0 aliphatic carbocycles. The molecule has 1 heterocycles. The molecule has 1 aromatic carbocycles. The summed E-state index contributed by atoms with van der Waals surface area (Å²) in [6.45, 7) is 0. The predicted molar refractivity (Wildman–Crippen MR) is 65.3 cm³/mol. The van der Waals surface area contributed by atoms with Gasteiger partial charge < -0.3 is 11.5 Å². The normalized spacial score (nSPS) is 11.4. The molecule has 0 bridgehead atoms. The Bertz CT molecular complexity index is 423. The summed E-state index contributed by atoms with van der Waals surface area (Å²) < 4.78 is 1.33. The predicted octanol–water partition coefficient (Wildman–Crippen LogP) is 2.34. The molecule has 0 amide bonds. The second kappa shape index (κ2) is 4.31. The lowest BCUT2D eigenvalue weighted by molar-refractivity contribution is 0.986. The fourth-order valence-electron chi connectivity index (χ4n) is 1.30. The third-order valence-corrected chi connectivity index (χ3v) is 3.74. The third-order valence-electron chi connectivity index (χ3n) is 1.96. The van der Waals surface area contributed by atoms with Crippen molar-refractivity contribution in [1.82, 2.24) is 0 Å². The molecule has 2 aromatic rings. The van der Waals surface area contributed by atoms with Crippen molar-refractivity contribution in [3.63, 3.8) is 0 Å². The minimum atomic E-state index is -0.284. The molecular weight excluding hydrogens is 212 g/mol. The number of hydrogen-bond donors (Lipinski definition) is 2. The molecule has 0 aliphatic rings. The minimum Gasteiger partial charge on any atom is -0.307 e. The topological polar surface area (TPSA) is 52.0 Å². The van der Waals surface area contributed by atoms with Gasteiger partial charge in [-0.25, -0.2) is 0 Å². The van der Waals surface area contributed by atoms with E-state index in [9.17, 15) is 0 Å². The Morgan fingerprint density at radius 1 is 1.29 bits per heavy atom. The Morgan fingerprint density at radius 3 is 2.93 bits per heavy atom. The molecule has 2 nitrogen and oxygen atoms in total. The second-order valence-corrected chi connectivity index (χ2v) is 5.18. The average Bonchev–Trinajstić information content (AvgIpc) is 2.61. The van der Waals surface area contributed by atoms with E-state index in [0.717, 1.165) is 5.75 Å². The van der Waals surface area contributed by atoms with Gasteiger partial charge in [0.15, 0.2) is 0 Å². The van der Waals surface area contributed by atoms with Crippen LogP contribution < -0.4 is 11.5 Å². The van der Waals surface area contributed by atoms with Crippen molar-refractivity contribution < 1.29 is 0 Å². The van der Waals surface area contributed by atoms with Gasteiger partial charge in [0.05, 0.1) is 0 Å². The van der Waals surface area contributed by atoms with Gasteiger partial charge in [-0.05, 0) is 34.5 Å². The van der Waals surface area contributed by atoms with Gasteiger partial charge in [0.1, 0.15) is 5.50 Å². The molecule has 74 valence electrons. The molecule has 1 aromatic heterocycles. The summed E-state index contributed by atoms with van der Waals surface area (Å²) >= 11 is 3.32. The van der Waals surface area contributed by atoms with E-state index in [4.69, 9.17) is 11.5 Å². The minimum absolute atomic E-state index is 0.284. The van der Waals surface area contributed by atoms with E-state index in [2.05, 4.69) is 29.6 Å². The number of thioether (sulfide) groups is 1. The van der Waals surface area contributed by atoms with Gasteiger partial charge in [-0.15, -0.1) is 23.1 Å². The molecule has 4 heteroatoms. The number of thiophene rings is 1. The third kappa shape index (κ3) is 2.27. The molecular formula is C10H12N2S2. The highest BCUT2D eigenvalue weighted by Crippen LogP contribution is 2.23. The Morgan fingerprint density at radius 2 is 2.14 bits per heavy atom. The SMILES string of the molecule is NC(N)SCc1ccc2sccc2c1. The molecule has 0 saturated carbocycles. The maximum absolute atomic E-state index is 5.48. The van der Waals surface area contributed by atoms with Crippen LogP contribution in [-0.2, 0) is 5.75 Å². The van der Waals surface area contributed by atoms with Crippen molar-refractivity contribution in [3.8, 4) is 0 Å². The van der Waals surface area contributed by atoms with E-state index in [-0.39, 0.29) is 5.50 Å². The summed E-state index contributed by atoms with van der Waals surface area (Å²) in [6, 6.07) is 8.61. The van der Waals surface area contributed by atoms with Crippen LogP contribution in [0.4, 0.5) is 0 Å². The molecule has 0 saturated heterocycles. The Hall–Kier alpha value is -0.550. The summed E-state index contributed by atoms with van der Waals surface area (Å²) in [6.07, 6.45) is 0. The fraction of sp³-hybridized carbons (Fsp3) is 0.200. The lowest BCUT2D eigenvalue weighted by Crippen LogP contribution is -2.26. The van der Waals surface area contributed by atoms with Gasteiger partial charge in [0.25, 0.3) is 0 Å². The van der Waals surface area contributed by atoms with Gasteiger partial charge >= 0.3 is 0 Å². The molecule has 0 aliphatic heterocycles. The van der Waals surface area contributed by atoms with Gasteiger partial charge in [-0.3, -0.25) is 0 Å². The number of fused-ring (bicyclic) bond motifs is 1. The van der Waals surface area contributed by atoms with Crippen LogP contribution in [0.5, 0.6) is 0 Å². The van der Waals surface area contributed by atoms with Crippen molar-refractivity contribution in [2.24, 2.45) is 11.5 Å². The highest BCUT2D eigenvalue weighted by molar-refractivity contribution is 7.99. The number of hydrogen-bond acceptors (Lipinski definition) is 4. The number of rotatable bonds is 3. The maximum atomic E-state index is 5.48. The second-order valence-electron chi connectivity index (χ2n) is 3.07. The molecule has 0 spiro atoms. The van der Waals surface area contributed by atoms with Crippen LogP contribution in [0.1, 0.15) is 5.56 Å². The van der Waals surface area contributed by atoms with Crippen molar-refractivity contribution in [2.45, 2.75) is 11.3 Å². The highest BCUT2D eigenvalue weighted by Gasteiger charge is 1.99. The summed E-state index contributed by atoms with van der Waals surface area (Å²) in [7, 11) is 0. The lowest BCUT2D eigenvalue weighted by Gasteiger charge is -2.04. The molecule has 0 unspecified atom stereocenters. The smallest absolute Gasteiger partial charge is 0.101 e. The van der Waals surface area contributed by atoms with Gasteiger partial charge in [-0.2, -0.15) is 0 Å². The molecule has 0 radical (unpaired) electrons. The van der Waals surface area contributed by atoms with Crippen molar-refractivity contribution in [3.05, 3.63) is 35.2 Å². The first-order valence-electron chi connectivity index (χ1n) is 4.34. The zero-order chi connectivity index (χ0) is 9.97. The van der Waals surface area contributed by atoms with E-state index in [0.29, 0.717) is 0 Å². The first-order chi connectivity index (χ1) is 6.75. The highest BCUT2D eigenvalue weighted by atomic mass is 32.2. The van der Waals surface area contributed by atoms with Crippen LogP contribution in [-0.4, -0.2) is 5.50 Å². The molecule has 0 atom stereocenters. The van der Waals surface area contributed by atoms with Gasteiger partial charge in [0, 0.05) is 10.5 Å². The van der Waals surface area contributed by atoms with Gasteiger partial charge in [0.2, 0.25) is 0 Å². The van der Waals surface area contributed by atoms with E-state index >= 15 is 0 Å². The molecule has 0 fully saturated rings. The zero-order valence-electron chi connectivity index (χ0n) is 7.64. The van der Waals surface area contributed by atoms with E-state index in [1.54, 1.807) is 23.1 Å². The number of nitrogens with two attached hydrogens (primary N) is 2. The van der Waals surface area contributed by atoms with Crippen LogP contribution in [0.25, 0.3) is 10.1 Å². The van der Waals surface area contributed by atoms with E-state index in [1.807, 2.05) is 0 Å². The standard InChI is InChI=1S/C10H12N2S2/c11-10(12)14-6-7-1-2-9-8(5-7)3-4-13-9/h1-5,10H,6,11-12H2. The molecule has 2 rings (SSSR count). The lowest BCUT2D eigenvalue weighted by atomic mass is 10.2. The summed E-state index contributed by atoms with van der Waals surface area (Å²) in [4.78, 5) is 0. The molecule has 4 N–H and O–H groups in total. The average molecular weight is 224 g/mol. The first-order valence-corrected chi connectivity index (χ1v) is 6.27. The van der Waals surface area contributed by atoms with Crippen LogP contribution in [0.3, 0.4) is 0 Å². The quantitative estimate of drug-likeness (QED) is 0.787. The summed E-state index contributed by atoms with van der Waals surface area (Å²) in [5.41, 5.74) is 11.9. The Balaban J connectivity index is 2.17. The van der Waals surface area contributed by atoms with Crippen molar-refractivity contribution in [2.75, 3.05) is 0 Å². The monoisotopic (exact) mass is 224 g/mol. The fourth-order valence-corrected chi connectivity index (χ4v) is 2.63. The zero-order valence-corrected chi connectivity index (χ0v) is 9.28. The number of benzene rings is 1. The van der Waals surface area contributed by atoms with Crippen LogP contribution in [0, 0.1) is 0 Å². The first kappa shape index (κ1) is 9.98. The Labute approximate surface area is 91.3 Å². The van der Waals surface area contributed by atoms with E-state index < -0.39 is 0 Å². The van der Waals surface area contributed by atoms with Crippen molar-refractivity contribution in [1.29, 1.82) is 0 Å². The summed E-state index contributed by atoms with van der Waals surface area (Å²) in [5, 5.41) is 3.41. The van der Waals surface area contributed by atoms with Crippen LogP contribution >= 0.6 is 23.1 Å². The van der Waals surface area contributed by atoms with Crippen LogP contribution in [0.15, 0.2) is 29.6 Å². The van der Waals surface area contributed by atoms with E-state index in [1.165, 1.54) is 15.6 Å². The summed E-state index contributed by atoms with van der Waals surface area (Å²) in [5.74, 6) is 0.878. The van der Waals surface area contributed by atoms with Crippen LogP contribution in [0.2, 0.25) is 0 Å². The Kier molecular flexibility index (Phi) is 3.08. The maximum Gasteiger partial charge on any atom is 0.101 e. The largest absolute Gasteiger partial charge is 0.307 e. The van der Waals surface area contributed by atoms with Gasteiger partial charge in [-0.1, -0.05) is 6.07 Å².